The molecular formula is C13H17NO4. The van der Waals surface area contributed by atoms with E-state index >= 15 is 0 Å². The number of amides is 1. The molecule has 1 rings (SSSR count). The molecule has 0 saturated carbocycles. The van der Waals surface area contributed by atoms with Crippen molar-refractivity contribution in [3.63, 3.8) is 0 Å². The summed E-state index contributed by atoms with van der Waals surface area (Å²) in [6, 6.07) is 4.83. The Hall–Kier alpha value is -1.88. The zero-order chi connectivity index (χ0) is 13.7. The molecule has 1 amide bonds. The largest absolute Gasteiger partial charge is 0.478 e. The van der Waals surface area contributed by atoms with Crippen LogP contribution in [-0.4, -0.2) is 29.7 Å². The number of nitrogens with one attached hydrogen (secondary N) is 1. The summed E-state index contributed by atoms with van der Waals surface area (Å²) in [5.41, 5.74) is 1.10. The molecule has 0 atom stereocenters. The molecule has 0 spiro atoms. The average Bonchev–Trinajstić information content (AvgIpc) is 2.28. The van der Waals surface area contributed by atoms with Gasteiger partial charge in [-0.25, -0.2) is 4.79 Å². The first kappa shape index (κ1) is 14.2. The van der Waals surface area contributed by atoms with Crippen molar-refractivity contribution in [2.24, 2.45) is 0 Å². The predicted molar refractivity (Wildman–Crippen MR) is 67.9 cm³/mol. The van der Waals surface area contributed by atoms with Gasteiger partial charge in [0.25, 0.3) is 0 Å². The molecule has 1 aromatic rings. The summed E-state index contributed by atoms with van der Waals surface area (Å²) in [6.07, 6.45) is -0.0495. The van der Waals surface area contributed by atoms with Gasteiger partial charge in [-0.1, -0.05) is 12.1 Å². The highest BCUT2D eigenvalue weighted by atomic mass is 16.5. The van der Waals surface area contributed by atoms with Crippen molar-refractivity contribution < 1.29 is 19.4 Å². The van der Waals surface area contributed by atoms with Crippen LogP contribution < -0.4 is 5.32 Å². The summed E-state index contributed by atoms with van der Waals surface area (Å²) in [4.78, 5) is 22.7. The van der Waals surface area contributed by atoms with Crippen LogP contribution in [0.15, 0.2) is 18.2 Å². The lowest BCUT2D eigenvalue weighted by molar-refractivity contribution is -0.121. The third kappa shape index (κ3) is 3.85. The molecule has 98 valence electrons. The molecule has 0 aliphatic rings. The molecule has 0 aromatic heterocycles. The van der Waals surface area contributed by atoms with Gasteiger partial charge in [-0.2, -0.15) is 0 Å². The number of benzene rings is 1. The number of ether oxygens (including phenoxy) is 1. The molecule has 0 saturated heterocycles. The van der Waals surface area contributed by atoms with Crippen molar-refractivity contribution in [2.75, 3.05) is 11.9 Å². The third-order valence-electron chi connectivity index (χ3n) is 2.32. The molecule has 0 aliphatic carbocycles. The van der Waals surface area contributed by atoms with E-state index in [4.69, 9.17) is 9.84 Å². The van der Waals surface area contributed by atoms with Crippen LogP contribution in [0.1, 0.15) is 29.8 Å². The lowest BCUT2D eigenvalue weighted by Gasteiger charge is -2.12. The summed E-state index contributed by atoms with van der Waals surface area (Å²) >= 11 is 0. The number of anilines is 1. The first-order valence-electron chi connectivity index (χ1n) is 5.66. The topological polar surface area (TPSA) is 75.6 Å². The fraction of sp³-hybridized carbons (Fsp3) is 0.385. The van der Waals surface area contributed by atoms with E-state index < -0.39 is 5.97 Å². The van der Waals surface area contributed by atoms with Gasteiger partial charge in [-0.05, 0) is 32.4 Å². The van der Waals surface area contributed by atoms with E-state index in [0.29, 0.717) is 11.3 Å². The zero-order valence-corrected chi connectivity index (χ0v) is 10.7. The summed E-state index contributed by atoms with van der Waals surface area (Å²) in [5.74, 6) is -1.43. The monoisotopic (exact) mass is 251 g/mol. The Kier molecular flexibility index (Phi) is 4.85. The lowest BCUT2D eigenvalue weighted by atomic mass is 10.1. The number of carbonyl (C=O) groups is 2. The maximum absolute atomic E-state index is 11.6. The number of hydrogen-bond donors (Lipinski definition) is 2. The fourth-order valence-electron chi connectivity index (χ4n) is 1.43. The Morgan fingerprint density at radius 1 is 1.39 bits per heavy atom. The van der Waals surface area contributed by atoms with Crippen LogP contribution in [-0.2, 0) is 9.53 Å². The molecule has 5 heteroatoms. The van der Waals surface area contributed by atoms with Crippen molar-refractivity contribution in [1.82, 2.24) is 0 Å². The van der Waals surface area contributed by atoms with Crippen molar-refractivity contribution in [3.05, 3.63) is 29.3 Å². The van der Waals surface area contributed by atoms with Crippen molar-refractivity contribution >= 4 is 17.6 Å². The average molecular weight is 251 g/mol. The van der Waals surface area contributed by atoms with Crippen LogP contribution in [0.2, 0.25) is 0 Å². The van der Waals surface area contributed by atoms with Gasteiger partial charge in [0.15, 0.2) is 0 Å². The van der Waals surface area contributed by atoms with Crippen LogP contribution in [0.3, 0.4) is 0 Å². The second kappa shape index (κ2) is 6.16. The third-order valence-corrected chi connectivity index (χ3v) is 2.32. The summed E-state index contributed by atoms with van der Waals surface area (Å²) in [5, 5.41) is 11.6. The minimum atomic E-state index is -1.07. The second-order valence-corrected chi connectivity index (χ2v) is 4.21. The van der Waals surface area contributed by atoms with E-state index in [0.717, 1.165) is 0 Å². The van der Waals surface area contributed by atoms with Crippen LogP contribution in [0.25, 0.3) is 0 Å². The van der Waals surface area contributed by atoms with Gasteiger partial charge in [-0.15, -0.1) is 0 Å². The minimum Gasteiger partial charge on any atom is -0.478 e. The van der Waals surface area contributed by atoms with E-state index in [1.807, 2.05) is 13.8 Å². The smallest absolute Gasteiger partial charge is 0.337 e. The van der Waals surface area contributed by atoms with Gasteiger partial charge in [0.05, 0.1) is 17.4 Å². The van der Waals surface area contributed by atoms with Crippen molar-refractivity contribution in [2.45, 2.75) is 26.9 Å². The van der Waals surface area contributed by atoms with E-state index in [1.165, 1.54) is 6.07 Å². The predicted octanol–water partition coefficient (Wildman–Crippen LogP) is 2.06. The van der Waals surface area contributed by atoms with Gasteiger partial charge in [-0.3, -0.25) is 4.79 Å². The number of hydrogen-bond acceptors (Lipinski definition) is 3. The van der Waals surface area contributed by atoms with Crippen molar-refractivity contribution in [1.29, 1.82) is 0 Å². The summed E-state index contributed by atoms with van der Waals surface area (Å²) in [7, 11) is 0. The Morgan fingerprint density at radius 2 is 2.06 bits per heavy atom. The number of carboxylic acids is 1. The molecule has 5 nitrogen and oxygen atoms in total. The first-order valence-corrected chi connectivity index (χ1v) is 5.66. The molecule has 18 heavy (non-hydrogen) atoms. The first-order chi connectivity index (χ1) is 8.41. The Morgan fingerprint density at radius 3 is 2.61 bits per heavy atom. The Balaban J connectivity index is 2.83. The number of para-hydroxylation sites is 1. The highest BCUT2D eigenvalue weighted by Gasteiger charge is 2.14. The molecule has 0 bridgehead atoms. The number of rotatable bonds is 5. The van der Waals surface area contributed by atoms with E-state index in [-0.39, 0.29) is 24.2 Å². The normalized spacial score (nSPS) is 10.4. The number of aromatic carboxylic acids is 1. The summed E-state index contributed by atoms with van der Waals surface area (Å²) < 4.78 is 5.16. The van der Waals surface area contributed by atoms with Gasteiger partial charge in [0, 0.05) is 0 Å². The molecule has 0 unspecified atom stereocenters. The number of carbonyl (C=O) groups excluding carboxylic acids is 1. The molecule has 0 radical (unpaired) electrons. The molecule has 2 N–H and O–H groups in total. The van der Waals surface area contributed by atoms with Gasteiger partial charge in [0.2, 0.25) is 5.91 Å². The maximum atomic E-state index is 11.6. The molecule has 0 heterocycles. The van der Waals surface area contributed by atoms with E-state index in [1.54, 1.807) is 19.1 Å². The van der Waals surface area contributed by atoms with Crippen molar-refractivity contribution in [3.8, 4) is 0 Å². The highest BCUT2D eigenvalue weighted by molar-refractivity contribution is 6.01. The second-order valence-electron chi connectivity index (χ2n) is 4.21. The summed E-state index contributed by atoms with van der Waals surface area (Å²) in [6.45, 7) is 5.30. The quantitative estimate of drug-likeness (QED) is 0.839. The minimum absolute atomic E-state index is 0.0495. The molecule has 1 aromatic carbocycles. The van der Waals surface area contributed by atoms with Gasteiger partial charge < -0.3 is 15.2 Å². The van der Waals surface area contributed by atoms with Gasteiger partial charge >= 0.3 is 5.97 Å². The van der Waals surface area contributed by atoms with E-state index in [2.05, 4.69) is 5.32 Å². The molecular weight excluding hydrogens is 234 g/mol. The fourth-order valence-corrected chi connectivity index (χ4v) is 1.43. The molecule has 0 fully saturated rings. The van der Waals surface area contributed by atoms with Crippen LogP contribution in [0.4, 0.5) is 5.69 Å². The van der Waals surface area contributed by atoms with Gasteiger partial charge in [0.1, 0.15) is 6.61 Å². The lowest BCUT2D eigenvalue weighted by Crippen LogP contribution is -2.22. The SMILES string of the molecule is Cc1cccc(C(=O)O)c1NC(=O)COC(C)C. The van der Waals surface area contributed by atoms with Crippen LogP contribution in [0, 0.1) is 6.92 Å². The van der Waals surface area contributed by atoms with E-state index in [9.17, 15) is 9.59 Å². The standard InChI is InChI=1S/C13H17NO4/c1-8(2)18-7-11(15)14-12-9(3)5-4-6-10(12)13(16)17/h4-6,8H,7H2,1-3H3,(H,14,15)(H,16,17). The molecule has 0 aliphatic heterocycles. The van der Waals surface area contributed by atoms with Crippen LogP contribution >= 0.6 is 0 Å². The Bertz CT molecular complexity index is 454. The number of carboxylic acid groups (broad SMARTS) is 1. The maximum Gasteiger partial charge on any atom is 0.337 e. The zero-order valence-electron chi connectivity index (χ0n) is 10.7. The van der Waals surface area contributed by atoms with Crippen LogP contribution in [0.5, 0.6) is 0 Å². The highest BCUT2D eigenvalue weighted by Crippen LogP contribution is 2.20. The number of aryl methyl sites for hydroxylation is 1. The Labute approximate surface area is 106 Å².